The number of nitrogens with zero attached hydrogens (tertiary/aromatic N) is 1. The average Bonchev–Trinajstić information content (AvgIpc) is 2.53. The van der Waals surface area contributed by atoms with Gasteiger partial charge in [0.2, 0.25) is 11.9 Å². The van der Waals surface area contributed by atoms with Gasteiger partial charge in [-0.05, 0) is 24.1 Å². The predicted octanol–water partition coefficient (Wildman–Crippen LogP) is 3.74. The summed E-state index contributed by atoms with van der Waals surface area (Å²) < 4.78 is 0. The van der Waals surface area contributed by atoms with Crippen molar-refractivity contribution in [2.75, 3.05) is 5.32 Å². The SMILES string of the molecule is CCC(N=C(NC(C)=O)Nc1ccccc1)c1ccccc1. The van der Waals surface area contributed by atoms with Crippen LogP contribution in [0.2, 0.25) is 0 Å². The van der Waals surface area contributed by atoms with Crippen molar-refractivity contribution in [3.8, 4) is 0 Å². The van der Waals surface area contributed by atoms with Crippen molar-refractivity contribution in [3.05, 3.63) is 66.2 Å². The van der Waals surface area contributed by atoms with Crippen molar-refractivity contribution in [1.29, 1.82) is 0 Å². The third-order valence-electron chi connectivity index (χ3n) is 3.19. The number of hydrogen-bond acceptors (Lipinski definition) is 2. The monoisotopic (exact) mass is 295 g/mol. The molecule has 0 saturated heterocycles. The maximum atomic E-state index is 11.4. The van der Waals surface area contributed by atoms with E-state index in [1.54, 1.807) is 0 Å². The first kappa shape index (κ1) is 15.8. The van der Waals surface area contributed by atoms with E-state index in [1.807, 2.05) is 60.7 Å². The van der Waals surface area contributed by atoms with Crippen LogP contribution in [0.15, 0.2) is 65.7 Å². The molecule has 114 valence electrons. The van der Waals surface area contributed by atoms with Gasteiger partial charge in [0.15, 0.2) is 0 Å². The molecule has 0 radical (unpaired) electrons. The Morgan fingerprint density at radius 1 is 1.05 bits per heavy atom. The largest absolute Gasteiger partial charge is 0.326 e. The number of anilines is 1. The van der Waals surface area contributed by atoms with E-state index in [4.69, 9.17) is 0 Å². The standard InChI is InChI=1S/C18H21N3O/c1-3-17(15-10-6-4-7-11-15)21-18(19-14(2)22)20-16-12-8-5-9-13-16/h4-13,17H,3H2,1-2H3,(H2,19,20,21,22). The topological polar surface area (TPSA) is 53.5 Å². The molecule has 2 rings (SSSR count). The second-order valence-corrected chi connectivity index (χ2v) is 4.98. The van der Waals surface area contributed by atoms with Gasteiger partial charge in [0, 0.05) is 12.6 Å². The van der Waals surface area contributed by atoms with E-state index in [0.717, 1.165) is 17.7 Å². The van der Waals surface area contributed by atoms with Crippen LogP contribution in [0.3, 0.4) is 0 Å². The lowest BCUT2D eigenvalue weighted by atomic mass is 10.1. The van der Waals surface area contributed by atoms with Gasteiger partial charge in [-0.2, -0.15) is 0 Å². The van der Waals surface area contributed by atoms with Gasteiger partial charge < -0.3 is 5.32 Å². The average molecular weight is 295 g/mol. The quantitative estimate of drug-likeness (QED) is 0.667. The Bertz CT molecular complexity index is 623. The zero-order valence-electron chi connectivity index (χ0n) is 12.9. The van der Waals surface area contributed by atoms with Gasteiger partial charge in [-0.15, -0.1) is 0 Å². The molecule has 0 heterocycles. The highest BCUT2D eigenvalue weighted by Gasteiger charge is 2.10. The van der Waals surface area contributed by atoms with Gasteiger partial charge in [-0.25, -0.2) is 4.99 Å². The number of aliphatic imine (C=N–C) groups is 1. The highest BCUT2D eigenvalue weighted by atomic mass is 16.1. The molecule has 0 fully saturated rings. The second kappa shape index (κ2) is 7.98. The lowest BCUT2D eigenvalue weighted by Crippen LogP contribution is -2.34. The highest BCUT2D eigenvalue weighted by molar-refractivity contribution is 6.03. The predicted molar refractivity (Wildman–Crippen MR) is 90.8 cm³/mol. The Morgan fingerprint density at radius 3 is 2.18 bits per heavy atom. The van der Waals surface area contributed by atoms with Gasteiger partial charge in [-0.3, -0.25) is 10.1 Å². The molecular weight excluding hydrogens is 274 g/mol. The van der Waals surface area contributed by atoms with Crippen LogP contribution in [0, 0.1) is 0 Å². The van der Waals surface area contributed by atoms with Crippen LogP contribution in [-0.2, 0) is 4.79 Å². The molecule has 2 aromatic rings. The Balaban J connectivity index is 2.24. The van der Waals surface area contributed by atoms with Crippen LogP contribution in [0.25, 0.3) is 0 Å². The molecule has 4 nitrogen and oxygen atoms in total. The van der Waals surface area contributed by atoms with Gasteiger partial charge in [0.05, 0.1) is 6.04 Å². The van der Waals surface area contributed by atoms with Crippen molar-refractivity contribution in [3.63, 3.8) is 0 Å². The number of carbonyl (C=O) groups is 1. The van der Waals surface area contributed by atoms with Gasteiger partial charge in [0.25, 0.3) is 0 Å². The number of benzene rings is 2. The molecular formula is C18H21N3O. The molecule has 4 heteroatoms. The minimum Gasteiger partial charge on any atom is -0.326 e. The van der Waals surface area contributed by atoms with E-state index < -0.39 is 0 Å². The number of amides is 1. The maximum Gasteiger partial charge on any atom is 0.223 e. The van der Waals surface area contributed by atoms with Crippen molar-refractivity contribution in [2.45, 2.75) is 26.3 Å². The summed E-state index contributed by atoms with van der Waals surface area (Å²) in [4.78, 5) is 16.1. The molecule has 0 aliphatic heterocycles. The van der Waals surface area contributed by atoms with Crippen LogP contribution >= 0.6 is 0 Å². The molecule has 1 amide bonds. The first-order valence-corrected chi connectivity index (χ1v) is 7.41. The zero-order chi connectivity index (χ0) is 15.8. The van der Waals surface area contributed by atoms with Crippen molar-refractivity contribution in [1.82, 2.24) is 5.32 Å². The summed E-state index contributed by atoms with van der Waals surface area (Å²) in [7, 11) is 0. The second-order valence-electron chi connectivity index (χ2n) is 4.98. The lowest BCUT2D eigenvalue weighted by molar-refractivity contribution is -0.117. The molecule has 2 aromatic carbocycles. The molecule has 2 N–H and O–H groups in total. The minimum atomic E-state index is -0.148. The third kappa shape index (κ3) is 4.74. The molecule has 0 aromatic heterocycles. The summed E-state index contributed by atoms with van der Waals surface area (Å²) in [5, 5.41) is 5.93. The van der Waals surface area contributed by atoms with Crippen molar-refractivity contribution < 1.29 is 4.79 Å². The van der Waals surface area contributed by atoms with Crippen LogP contribution < -0.4 is 10.6 Å². The Labute approximate surface area is 131 Å². The molecule has 1 atom stereocenters. The maximum absolute atomic E-state index is 11.4. The number of hydrogen-bond donors (Lipinski definition) is 2. The Hall–Kier alpha value is -2.62. The number of para-hydroxylation sites is 1. The van der Waals surface area contributed by atoms with Gasteiger partial charge in [-0.1, -0.05) is 55.5 Å². The first-order valence-electron chi connectivity index (χ1n) is 7.41. The van der Waals surface area contributed by atoms with E-state index in [-0.39, 0.29) is 11.9 Å². The van der Waals surface area contributed by atoms with Crippen LogP contribution in [0.1, 0.15) is 31.9 Å². The summed E-state index contributed by atoms with van der Waals surface area (Å²) >= 11 is 0. The fourth-order valence-corrected chi connectivity index (χ4v) is 2.15. The normalized spacial score (nSPS) is 12.5. The van der Waals surface area contributed by atoms with E-state index in [0.29, 0.717) is 5.96 Å². The molecule has 22 heavy (non-hydrogen) atoms. The van der Waals surface area contributed by atoms with E-state index in [2.05, 4.69) is 22.5 Å². The smallest absolute Gasteiger partial charge is 0.223 e. The van der Waals surface area contributed by atoms with E-state index >= 15 is 0 Å². The highest BCUT2D eigenvalue weighted by Crippen LogP contribution is 2.20. The summed E-state index contributed by atoms with van der Waals surface area (Å²) in [5.74, 6) is 0.319. The van der Waals surface area contributed by atoms with E-state index in [1.165, 1.54) is 6.92 Å². The molecule has 0 saturated carbocycles. The minimum absolute atomic E-state index is 0.000683. The third-order valence-corrected chi connectivity index (χ3v) is 3.19. The lowest BCUT2D eigenvalue weighted by Gasteiger charge is -2.15. The Morgan fingerprint density at radius 2 is 1.64 bits per heavy atom. The van der Waals surface area contributed by atoms with Gasteiger partial charge >= 0.3 is 0 Å². The zero-order valence-corrected chi connectivity index (χ0v) is 12.9. The van der Waals surface area contributed by atoms with Crippen LogP contribution in [-0.4, -0.2) is 11.9 Å². The fraction of sp³-hybridized carbons (Fsp3) is 0.222. The van der Waals surface area contributed by atoms with Crippen molar-refractivity contribution in [2.24, 2.45) is 4.99 Å². The number of rotatable bonds is 4. The summed E-state index contributed by atoms with van der Waals surface area (Å²) in [6, 6.07) is 19.7. The van der Waals surface area contributed by atoms with Crippen molar-refractivity contribution >= 4 is 17.6 Å². The summed E-state index contributed by atoms with van der Waals surface area (Å²) in [6.07, 6.45) is 0.851. The molecule has 1 unspecified atom stereocenters. The van der Waals surface area contributed by atoms with Crippen LogP contribution in [0.5, 0.6) is 0 Å². The summed E-state index contributed by atoms with van der Waals surface area (Å²) in [6.45, 7) is 3.56. The molecule has 0 aliphatic carbocycles. The first-order chi connectivity index (χ1) is 10.7. The van der Waals surface area contributed by atoms with Crippen LogP contribution in [0.4, 0.5) is 5.69 Å². The number of carbonyl (C=O) groups excluding carboxylic acids is 1. The van der Waals surface area contributed by atoms with E-state index in [9.17, 15) is 4.79 Å². The molecule has 0 aliphatic rings. The number of nitrogens with one attached hydrogen (secondary N) is 2. The fourth-order valence-electron chi connectivity index (χ4n) is 2.15. The molecule has 0 bridgehead atoms. The van der Waals surface area contributed by atoms with Gasteiger partial charge in [0.1, 0.15) is 0 Å². The number of guanidine groups is 1. The molecule has 0 spiro atoms. The Kier molecular flexibility index (Phi) is 5.72. The summed E-state index contributed by atoms with van der Waals surface area (Å²) in [5.41, 5.74) is 2.01.